The maximum atomic E-state index is 13.4. The standard InChI is InChI=1S/C23H26N2O4S/c1-15(2)29-17-8-6-16(7-9-17)22(26)25(14-19-5-4-12-28-19)23-24-20-11-10-18(27-3)13-21(20)30-23/h6-11,13,15,19H,4-5,12,14H2,1-3H3. The fraction of sp³-hybridized carbons (Fsp3) is 0.391. The number of benzene rings is 2. The van der Waals surface area contributed by atoms with Crippen LogP contribution in [0.3, 0.4) is 0 Å². The molecule has 1 fully saturated rings. The van der Waals surface area contributed by atoms with Crippen molar-refractivity contribution in [3.05, 3.63) is 48.0 Å². The lowest BCUT2D eigenvalue weighted by atomic mass is 10.1. The first-order valence-corrected chi connectivity index (χ1v) is 11.0. The van der Waals surface area contributed by atoms with Crippen LogP contribution < -0.4 is 14.4 Å². The van der Waals surface area contributed by atoms with Crippen LogP contribution in [0.1, 0.15) is 37.0 Å². The molecule has 6 nitrogen and oxygen atoms in total. The van der Waals surface area contributed by atoms with Crippen molar-refractivity contribution in [2.45, 2.75) is 38.9 Å². The zero-order chi connectivity index (χ0) is 21.1. The van der Waals surface area contributed by atoms with Crippen molar-refractivity contribution < 1.29 is 19.0 Å². The first-order valence-electron chi connectivity index (χ1n) is 10.2. The lowest BCUT2D eigenvalue weighted by Crippen LogP contribution is -2.37. The van der Waals surface area contributed by atoms with Gasteiger partial charge in [0.15, 0.2) is 5.13 Å². The summed E-state index contributed by atoms with van der Waals surface area (Å²) in [5.74, 6) is 1.43. The third-order valence-electron chi connectivity index (χ3n) is 4.94. The summed E-state index contributed by atoms with van der Waals surface area (Å²) in [5.41, 5.74) is 1.45. The molecule has 0 spiro atoms. The SMILES string of the molecule is COc1ccc2nc(N(CC3CCCO3)C(=O)c3ccc(OC(C)C)cc3)sc2c1. The fourth-order valence-electron chi connectivity index (χ4n) is 3.48. The van der Waals surface area contributed by atoms with Gasteiger partial charge in [0, 0.05) is 12.2 Å². The molecule has 2 heterocycles. The molecule has 0 bridgehead atoms. The molecule has 158 valence electrons. The minimum absolute atomic E-state index is 0.0269. The molecule has 3 aromatic rings. The average molecular weight is 427 g/mol. The lowest BCUT2D eigenvalue weighted by molar-refractivity contribution is 0.0917. The molecule has 0 radical (unpaired) electrons. The summed E-state index contributed by atoms with van der Waals surface area (Å²) in [7, 11) is 1.64. The zero-order valence-corrected chi connectivity index (χ0v) is 18.3. The van der Waals surface area contributed by atoms with Crippen LogP contribution in [-0.4, -0.2) is 43.4 Å². The molecule has 7 heteroatoms. The van der Waals surface area contributed by atoms with Crippen molar-refractivity contribution in [2.24, 2.45) is 0 Å². The number of carbonyl (C=O) groups excluding carboxylic acids is 1. The van der Waals surface area contributed by atoms with E-state index >= 15 is 0 Å². The van der Waals surface area contributed by atoms with Gasteiger partial charge in [0.1, 0.15) is 11.5 Å². The van der Waals surface area contributed by atoms with Crippen LogP contribution >= 0.6 is 11.3 Å². The molecule has 0 aliphatic carbocycles. The number of hydrogen-bond donors (Lipinski definition) is 0. The van der Waals surface area contributed by atoms with Crippen molar-refractivity contribution in [2.75, 3.05) is 25.2 Å². The van der Waals surface area contributed by atoms with E-state index in [9.17, 15) is 4.79 Å². The summed E-state index contributed by atoms with van der Waals surface area (Å²) in [6.45, 7) is 5.18. The molecule has 0 N–H and O–H groups in total. The molecule has 1 aliphatic heterocycles. The maximum absolute atomic E-state index is 13.4. The highest BCUT2D eigenvalue weighted by atomic mass is 32.1. The second-order valence-corrected chi connectivity index (χ2v) is 8.58. The number of thiazole rings is 1. The van der Waals surface area contributed by atoms with Gasteiger partial charge in [-0.15, -0.1) is 0 Å². The first kappa shape index (κ1) is 20.6. The quantitative estimate of drug-likeness (QED) is 0.537. The number of hydrogen-bond acceptors (Lipinski definition) is 6. The van der Waals surface area contributed by atoms with Crippen molar-refractivity contribution in [3.63, 3.8) is 0 Å². The van der Waals surface area contributed by atoms with Gasteiger partial charge in [-0.1, -0.05) is 11.3 Å². The largest absolute Gasteiger partial charge is 0.497 e. The highest BCUT2D eigenvalue weighted by molar-refractivity contribution is 7.22. The molecule has 0 saturated carbocycles. The summed E-state index contributed by atoms with van der Waals surface area (Å²) >= 11 is 1.49. The summed E-state index contributed by atoms with van der Waals surface area (Å²) < 4.78 is 17.8. The van der Waals surface area contributed by atoms with Gasteiger partial charge in [0.25, 0.3) is 5.91 Å². The fourth-order valence-corrected chi connectivity index (χ4v) is 4.48. The van der Waals surface area contributed by atoms with Gasteiger partial charge in [-0.3, -0.25) is 9.69 Å². The van der Waals surface area contributed by atoms with E-state index < -0.39 is 0 Å². The maximum Gasteiger partial charge on any atom is 0.260 e. The van der Waals surface area contributed by atoms with Crippen LogP contribution in [0, 0.1) is 0 Å². The van der Waals surface area contributed by atoms with Crippen LogP contribution in [0.2, 0.25) is 0 Å². The van der Waals surface area contributed by atoms with E-state index in [0.717, 1.165) is 41.2 Å². The third kappa shape index (κ3) is 4.57. The molecule has 1 unspecified atom stereocenters. The van der Waals surface area contributed by atoms with Gasteiger partial charge < -0.3 is 14.2 Å². The van der Waals surface area contributed by atoms with Gasteiger partial charge in [-0.05, 0) is 69.2 Å². The Morgan fingerprint density at radius 3 is 2.67 bits per heavy atom. The molecule has 30 heavy (non-hydrogen) atoms. The summed E-state index contributed by atoms with van der Waals surface area (Å²) in [6.07, 6.45) is 2.08. The number of fused-ring (bicyclic) bond motifs is 1. The molecular formula is C23H26N2O4S. The zero-order valence-electron chi connectivity index (χ0n) is 17.5. The van der Waals surface area contributed by atoms with Crippen molar-refractivity contribution in [1.29, 1.82) is 0 Å². The van der Waals surface area contributed by atoms with E-state index in [1.54, 1.807) is 24.1 Å². The van der Waals surface area contributed by atoms with Crippen molar-refractivity contribution >= 4 is 32.6 Å². The Hall–Kier alpha value is -2.64. The van der Waals surface area contributed by atoms with E-state index in [2.05, 4.69) is 0 Å². The Labute approximate surface area is 180 Å². The molecule has 1 atom stereocenters. The van der Waals surface area contributed by atoms with E-state index in [4.69, 9.17) is 19.2 Å². The van der Waals surface area contributed by atoms with Gasteiger partial charge >= 0.3 is 0 Å². The average Bonchev–Trinajstić information content (AvgIpc) is 3.40. The first-order chi connectivity index (χ1) is 14.5. The Balaban J connectivity index is 1.64. The molecule has 2 aromatic carbocycles. The van der Waals surface area contributed by atoms with Gasteiger partial charge in [0.05, 0.1) is 36.1 Å². The summed E-state index contributed by atoms with van der Waals surface area (Å²) in [6, 6.07) is 13.0. The number of aromatic nitrogens is 1. The molecule has 1 amide bonds. The van der Waals surface area contributed by atoms with Crippen molar-refractivity contribution in [1.82, 2.24) is 4.98 Å². The van der Waals surface area contributed by atoms with Crippen LogP contribution in [0.5, 0.6) is 11.5 Å². The summed E-state index contributed by atoms with van der Waals surface area (Å²) in [5, 5.41) is 0.668. The number of ether oxygens (including phenoxy) is 3. The van der Waals surface area contributed by atoms with E-state index in [-0.39, 0.29) is 18.1 Å². The minimum atomic E-state index is -0.0902. The Morgan fingerprint density at radius 2 is 2.00 bits per heavy atom. The number of rotatable bonds is 7. The highest BCUT2D eigenvalue weighted by Gasteiger charge is 2.27. The van der Waals surface area contributed by atoms with E-state index in [1.807, 2.05) is 44.2 Å². The third-order valence-corrected chi connectivity index (χ3v) is 5.98. The van der Waals surface area contributed by atoms with E-state index in [0.29, 0.717) is 17.2 Å². The number of methoxy groups -OCH3 is 1. The number of anilines is 1. The van der Waals surface area contributed by atoms with Crippen molar-refractivity contribution in [3.8, 4) is 11.5 Å². The van der Waals surface area contributed by atoms with Crippen LogP contribution in [-0.2, 0) is 4.74 Å². The molecule has 4 rings (SSSR count). The number of carbonyl (C=O) groups is 1. The van der Waals surface area contributed by atoms with Crippen LogP contribution in [0.15, 0.2) is 42.5 Å². The van der Waals surface area contributed by atoms with Gasteiger partial charge in [-0.25, -0.2) is 4.98 Å². The Bertz CT molecular complexity index is 1010. The molecule has 1 aliphatic rings. The second kappa shape index (κ2) is 9.02. The number of amides is 1. The highest BCUT2D eigenvalue weighted by Crippen LogP contribution is 2.33. The lowest BCUT2D eigenvalue weighted by Gasteiger charge is -2.23. The van der Waals surface area contributed by atoms with Gasteiger partial charge in [-0.2, -0.15) is 0 Å². The normalized spacial score (nSPS) is 16.2. The van der Waals surface area contributed by atoms with Gasteiger partial charge in [0.2, 0.25) is 0 Å². The summed E-state index contributed by atoms with van der Waals surface area (Å²) in [4.78, 5) is 19.9. The monoisotopic (exact) mass is 426 g/mol. The minimum Gasteiger partial charge on any atom is -0.497 e. The number of nitrogens with zero attached hydrogens (tertiary/aromatic N) is 2. The topological polar surface area (TPSA) is 60.9 Å². The predicted octanol–water partition coefficient (Wildman–Crippen LogP) is 4.92. The molecule has 1 saturated heterocycles. The van der Waals surface area contributed by atoms with Crippen LogP contribution in [0.25, 0.3) is 10.2 Å². The second-order valence-electron chi connectivity index (χ2n) is 7.57. The molecular weight excluding hydrogens is 400 g/mol. The predicted molar refractivity (Wildman–Crippen MR) is 119 cm³/mol. The smallest absolute Gasteiger partial charge is 0.260 e. The Kier molecular flexibility index (Phi) is 6.20. The Morgan fingerprint density at radius 1 is 1.23 bits per heavy atom. The van der Waals surface area contributed by atoms with Crippen LogP contribution in [0.4, 0.5) is 5.13 Å². The van der Waals surface area contributed by atoms with E-state index in [1.165, 1.54) is 11.3 Å². The molecule has 1 aromatic heterocycles.